The molecule has 1 atom stereocenters. The van der Waals surface area contributed by atoms with Crippen molar-refractivity contribution in [3.8, 4) is 0 Å². The van der Waals surface area contributed by atoms with Gasteiger partial charge in [0.25, 0.3) is 0 Å². The van der Waals surface area contributed by atoms with Crippen LogP contribution >= 0.6 is 11.8 Å². The summed E-state index contributed by atoms with van der Waals surface area (Å²) in [4.78, 5) is 24.1. The van der Waals surface area contributed by atoms with Gasteiger partial charge in [0.2, 0.25) is 5.91 Å². The number of amides is 1. The maximum Gasteiger partial charge on any atom is 0.326 e. The van der Waals surface area contributed by atoms with Gasteiger partial charge in [-0.15, -0.1) is 11.8 Å². The van der Waals surface area contributed by atoms with E-state index in [0.29, 0.717) is 6.42 Å². The zero-order valence-corrected chi connectivity index (χ0v) is 13.8. The van der Waals surface area contributed by atoms with Gasteiger partial charge in [0.15, 0.2) is 0 Å². The highest BCUT2D eigenvalue weighted by Gasteiger charge is 2.21. The van der Waals surface area contributed by atoms with Gasteiger partial charge in [-0.05, 0) is 37.8 Å². The molecule has 116 valence electrons. The van der Waals surface area contributed by atoms with Gasteiger partial charge in [-0.1, -0.05) is 31.5 Å². The van der Waals surface area contributed by atoms with Gasteiger partial charge in [0.05, 0.1) is 5.75 Å². The molecule has 0 bridgehead atoms. The average Bonchev–Trinajstić information content (AvgIpc) is 2.36. The number of rotatable bonds is 7. The first kappa shape index (κ1) is 17.6. The molecule has 0 saturated heterocycles. The smallest absolute Gasteiger partial charge is 0.326 e. The number of thioether (sulfide) groups is 1. The molecule has 1 rings (SSSR count). The molecule has 1 unspecified atom stereocenters. The molecule has 0 heterocycles. The third-order valence-corrected chi connectivity index (χ3v) is 4.21. The van der Waals surface area contributed by atoms with E-state index >= 15 is 0 Å². The molecule has 5 heteroatoms. The predicted octanol–water partition coefficient (Wildman–Crippen LogP) is 3.01. The molecule has 0 radical (unpaired) electrons. The Hall–Kier alpha value is -1.49. The minimum absolute atomic E-state index is 0.221. The van der Waals surface area contributed by atoms with Crippen LogP contribution in [0.2, 0.25) is 0 Å². The maximum atomic E-state index is 11.9. The quantitative estimate of drug-likeness (QED) is 0.760. The number of carbonyl (C=O) groups is 2. The van der Waals surface area contributed by atoms with Crippen molar-refractivity contribution < 1.29 is 14.7 Å². The largest absolute Gasteiger partial charge is 0.480 e. The molecule has 4 nitrogen and oxygen atoms in total. The normalized spacial score (nSPS) is 12.2. The van der Waals surface area contributed by atoms with Gasteiger partial charge in [-0.3, -0.25) is 4.79 Å². The highest BCUT2D eigenvalue weighted by molar-refractivity contribution is 8.00. The third-order valence-electron chi connectivity index (χ3n) is 3.03. The fourth-order valence-corrected chi connectivity index (χ4v) is 2.85. The standard InChI is InChI=1S/C16H23NO3S/c1-10(2)7-13(16(19)20)17-15(18)9-21-14-6-5-11(3)8-12(14)4/h5-6,8,10,13H,7,9H2,1-4H3,(H,17,18)(H,19,20). The van der Waals surface area contributed by atoms with Crippen LogP contribution in [0.25, 0.3) is 0 Å². The van der Waals surface area contributed by atoms with Crippen molar-refractivity contribution in [2.75, 3.05) is 5.75 Å². The van der Waals surface area contributed by atoms with Crippen molar-refractivity contribution in [1.82, 2.24) is 5.32 Å². The first-order valence-corrected chi connectivity index (χ1v) is 8.00. The number of aliphatic carboxylic acids is 1. The van der Waals surface area contributed by atoms with E-state index < -0.39 is 12.0 Å². The van der Waals surface area contributed by atoms with Crippen molar-refractivity contribution in [2.45, 2.75) is 45.1 Å². The molecule has 2 N–H and O–H groups in total. The van der Waals surface area contributed by atoms with Gasteiger partial charge in [-0.25, -0.2) is 4.79 Å². The van der Waals surface area contributed by atoms with E-state index in [9.17, 15) is 9.59 Å². The number of aryl methyl sites for hydroxylation is 2. The van der Waals surface area contributed by atoms with E-state index in [4.69, 9.17) is 5.11 Å². The molecule has 1 amide bonds. The van der Waals surface area contributed by atoms with Crippen molar-refractivity contribution in [2.24, 2.45) is 5.92 Å². The Morgan fingerprint density at radius 1 is 1.29 bits per heavy atom. The minimum atomic E-state index is -0.978. The molecule has 0 aliphatic heterocycles. The lowest BCUT2D eigenvalue weighted by atomic mass is 10.0. The third kappa shape index (κ3) is 6.21. The second-order valence-electron chi connectivity index (χ2n) is 5.65. The number of carboxylic acids is 1. The second-order valence-corrected chi connectivity index (χ2v) is 6.66. The van der Waals surface area contributed by atoms with Crippen molar-refractivity contribution in [3.63, 3.8) is 0 Å². The summed E-state index contributed by atoms with van der Waals surface area (Å²) in [5, 5.41) is 11.7. The van der Waals surface area contributed by atoms with Crippen LogP contribution in [0.1, 0.15) is 31.4 Å². The number of benzene rings is 1. The summed E-state index contributed by atoms with van der Waals surface area (Å²) in [6, 6.07) is 5.26. The van der Waals surface area contributed by atoms with Crippen LogP contribution in [0.15, 0.2) is 23.1 Å². The minimum Gasteiger partial charge on any atom is -0.480 e. The van der Waals surface area contributed by atoms with E-state index in [0.717, 1.165) is 10.5 Å². The lowest BCUT2D eigenvalue weighted by Gasteiger charge is -2.16. The molecule has 0 aromatic heterocycles. The highest BCUT2D eigenvalue weighted by atomic mass is 32.2. The Morgan fingerprint density at radius 2 is 1.95 bits per heavy atom. The van der Waals surface area contributed by atoms with E-state index in [1.54, 1.807) is 0 Å². The summed E-state index contributed by atoms with van der Waals surface area (Å²) in [5.41, 5.74) is 2.31. The number of hydrogen-bond donors (Lipinski definition) is 2. The monoisotopic (exact) mass is 309 g/mol. The first-order valence-electron chi connectivity index (χ1n) is 7.01. The zero-order chi connectivity index (χ0) is 16.0. The van der Waals surface area contributed by atoms with E-state index in [2.05, 4.69) is 11.4 Å². The fraction of sp³-hybridized carbons (Fsp3) is 0.500. The first-order chi connectivity index (χ1) is 9.79. The molecule has 21 heavy (non-hydrogen) atoms. The molecular weight excluding hydrogens is 286 g/mol. The molecule has 0 aliphatic carbocycles. The fourth-order valence-electron chi connectivity index (χ4n) is 2.03. The summed E-state index contributed by atoms with van der Waals surface area (Å²) in [6.45, 7) is 7.91. The van der Waals surface area contributed by atoms with Crippen LogP contribution < -0.4 is 5.32 Å². The maximum absolute atomic E-state index is 11.9. The van der Waals surface area contributed by atoms with Gasteiger partial charge in [0, 0.05) is 4.90 Å². The van der Waals surface area contributed by atoms with Crippen molar-refractivity contribution >= 4 is 23.6 Å². The van der Waals surface area contributed by atoms with Gasteiger partial charge in [-0.2, -0.15) is 0 Å². The molecule has 0 spiro atoms. The van der Waals surface area contributed by atoms with Gasteiger partial charge < -0.3 is 10.4 Å². The van der Waals surface area contributed by atoms with Crippen LogP contribution in [0.5, 0.6) is 0 Å². The number of carbonyl (C=O) groups excluding carboxylic acids is 1. The Bertz CT molecular complexity index is 514. The zero-order valence-electron chi connectivity index (χ0n) is 13.0. The van der Waals surface area contributed by atoms with Gasteiger partial charge in [0.1, 0.15) is 6.04 Å². The summed E-state index contributed by atoms with van der Waals surface area (Å²) in [5.74, 6) is -0.772. The SMILES string of the molecule is Cc1ccc(SCC(=O)NC(CC(C)C)C(=O)O)c(C)c1. The molecular formula is C16H23NO3S. The second kappa shape index (κ2) is 8.08. The van der Waals surface area contributed by atoms with Crippen LogP contribution in [0.4, 0.5) is 0 Å². The summed E-state index contributed by atoms with van der Waals surface area (Å²) >= 11 is 1.43. The van der Waals surface area contributed by atoms with Crippen molar-refractivity contribution in [3.05, 3.63) is 29.3 Å². The Kier molecular flexibility index (Phi) is 6.75. The summed E-state index contributed by atoms with van der Waals surface area (Å²) in [7, 11) is 0. The van der Waals surface area contributed by atoms with E-state index in [-0.39, 0.29) is 17.6 Å². The Labute approximate surface area is 130 Å². The topological polar surface area (TPSA) is 66.4 Å². The Balaban J connectivity index is 2.54. The van der Waals surface area contributed by atoms with Crippen LogP contribution in [-0.4, -0.2) is 28.8 Å². The molecule has 1 aromatic carbocycles. The van der Waals surface area contributed by atoms with Crippen LogP contribution in [0.3, 0.4) is 0 Å². The summed E-state index contributed by atoms with van der Waals surface area (Å²) in [6.07, 6.45) is 0.440. The summed E-state index contributed by atoms with van der Waals surface area (Å²) < 4.78 is 0. The molecule has 0 fully saturated rings. The lowest BCUT2D eigenvalue weighted by molar-refractivity contribution is -0.141. The number of nitrogens with one attached hydrogen (secondary N) is 1. The lowest BCUT2D eigenvalue weighted by Crippen LogP contribution is -2.42. The van der Waals surface area contributed by atoms with Crippen LogP contribution in [0, 0.1) is 19.8 Å². The Morgan fingerprint density at radius 3 is 2.48 bits per heavy atom. The number of hydrogen-bond acceptors (Lipinski definition) is 3. The molecule has 0 aliphatic rings. The van der Waals surface area contributed by atoms with Crippen LogP contribution in [-0.2, 0) is 9.59 Å². The van der Waals surface area contributed by atoms with Gasteiger partial charge >= 0.3 is 5.97 Å². The number of carboxylic acid groups (broad SMARTS) is 1. The average molecular weight is 309 g/mol. The van der Waals surface area contributed by atoms with Crippen molar-refractivity contribution in [1.29, 1.82) is 0 Å². The van der Waals surface area contributed by atoms with E-state index in [1.807, 2.05) is 39.8 Å². The molecule has 0 saturated carbocycles. The molecule has 1 aromatic rings. The van der Waals surface area contributed by atoms with E-state index in [1.165, 1.54) is 17.3 Å². The highest BCUT2D eigenvalue weighted by Crippen LogP contribution is 2.23. The predicted molar refractivity (Wildman–Crippen MR) is 85.7 cm³/mol.